The number of hydrogen-bond donors (Lipinski definition) is 2. The van der Waals surface area contributed by atoms with Gasteiger partial charge in [0.15, 0.2) is 0 Å². The van der Waals surface area contributed by atoms with Crippen molar-refractivity contribution in [2.24, 2.45) is 0 Å². The van der Waals surface area contributed by atoms with Crippen LogP contribution in [0.2, 0.25) is 0 Å². The predicted molar refractivity (Wildman–Crippen MR) is 29.3 cm³/mol. The molecule has 6 nitrogen and oxygen atoms in total. The molecule has 80 valence electrons. The van der Waals surface area contributed by atoms with Crippen LogP contribution in [0.1, 0.15) is 6.92 Å². The van der Waals surface area contributed by atoms with Gasteiger partial charge >= 0.3 is 16.4 Å². The Kier molecular flexibility index (Phi) is 10.3. The van der Waals surface area contributed by atoms with Gasteiger partial charge < -0.3 is 9.29 Å². The zero-order chi connectivity index (χ0) is 8.36. The Labute approximate surface area is 89.5 Å². The van der Waals surface area contributed by atoms with Gasteiger partial charge in [0.05, 0.1) is 0 Å². The van der Waals surface area contributed by atoms with E-state index < -0.39 is 22.5 Å². The van der Waals surface area contributed by atoms with Crippen LogP contribution in [0.5, 0.6) is 0 Å². The van der Waals surface area contributed by atoms with Crippen LogP contribution < -0.4 is 0 Å². The quantitative estimate of drug-likeness (QED) is 0.484. The number of carbonyl (C=O) groups excluding carboxylic acids is 1. The third kappa shape index (κ3) is 10.3. The van der Waals surface area contributed by atoms with Gasteiger partial charge in [-0.3, -0.25) is 4.55 Å². The molecular weight excluding hydrogens is 281 g/mol. The minimum absolute atomic E-state index is 0. The average Bonchev–Trinajstić information content (AvgIpc) is 1.60. The summed E-state index contributed by atoms with van der Waals surface area (Å²) >= 11 is 0. The number of rotatable bonds is 2. The van der Waals surface area contributed by atoms with E-state index in [9.17, 15) is 13.2 Å². The van der Waals surface area contributed by atoms with Crippen LogP contribution in [0.25, 0.3) is 0 Å². The maximum Gasteiger partial charge on any atom is 0.449 e. The average molecular weight is 288 g/mol. The maximum absolute atomic E-state index is 10.1. The molecule has 9 heteroatoms. The molecule has 2 N–H and O–H groups in total. The fourth-order valence-corrected chi connectivity index (χ4v) is 0.520. The largest absolute Gasteiger partial charge is 0.449 e. The standard InChI is InChI=1S/C3H6O6S.2Ni/c1-2(4)3(5)9-10(6,7)8;;/h2,4H,1H3,(H,6,7,8);;. The summed E-state index contributed by atoms with van der Waals surface area (Å²) in [6.07, 6.45) is -1.57. The molecule has 0 saturated carbocycles. The van der Waals surface area contributed by atoms with Crippen molar-refractivity contribution in [2.75, 3.05) is 0 Å². The fourth-order valence-electron chi connectivity index (χ4n) is 0.173. The van der Waals surface area contributed by atoms with E-state index in [0.717, 1.165) is 6.92 Å². The zero-order valence-electron chi connectivity index (χ0n) is 5.65. The molecule has 0 aromatic rings. The van der Waals surface area contributed by atoms with Crippen LogP contribution in [0.3, 0.4) is 0 Å². The molecule has 1 atom stereocenters. The van der Waals surface area contributed by atoms with E-state index in [1.165, 1.54) is 0 Å². The van der Waals surface area contributed by atoms with Crippen LogP contribution in [0.15, 0.2) is 0 Å². The van der Waals surface area contributed by atoms with Crippen molar-refractivity contribution in [2.45, 2.75) is 13.0 Å². The van der Waals surface area contributed by atoms with E-state index in [1.54, 1.807) is 0 Å². The summed E-state index contributed by atoms with van der Waals surface area (Å²) < 4.78 is 30.7. The van der Waals surface area contributed by atoms with E-state index in [-0.39, 0.29) is 33.0 Å². The molecule has 0 saturated heterocycles. The number of carbonyl (C=O) groups is 1. The van der Waals surface area contributed by atoms with Gasteiger partial charge in [-0.05, 0) is 6.92 Å². The van der Waals surface area contributed by atoms with E-state index in [4.69, 9.17) is 9.66 Å². The molecular formula is C3H6Ni2O6S. The summed E-state index contributed by atoms with van der Waals surface area (Å²) in [5.74, 6) is -1.41. The minimum atomic E-state index is -4.78. The van der Waals surface area contributed by atoms with Crippen LogP contribution in [0.4, 0.5) is 0 Å². The normalized spacial score (nSPS) is 11.9. The SMILES string of the molecule is CC(O)C(=O)OS(=O)(=O)O.[Ni].[Ni]. The van der Waals surface area contributed by atoms with E-state index in [0.29, 0.717) is 0 Å². The van der Waals surface area contributed by atoms with Gasteiger partial charge in [-0.2, -0.15) is 8.42 Å². The Morgan fingerprint density at radius 1 is 1.42 bits per heavy atom. The third-order valence-electron chi connectivity index (χ3n) is 0.529. The van der Waals surface area contributed by atoms with Gasteiger partial charge in [-0.25, -0.2) is 4.79 Å². The molecule has 0 spiro atoms. The molecule has 1 unspecified atom stereocenters. The second-order valence-corrected chi connectivity index (χ2v) is 2.53. The van der Waals surface area contributed by atoms with E-state index in [1.807, 2.05) is 0 Å². The second-order valence-electron chi connectivity index (χ2n) is 1.51. The first-order valence-corrected chi connectivity index (χ1v) is 3.58. The van der Waals surface area contributed by atoms with Gasteiger partial charge in [0.1, 0.15) is 6.10 Å². The topological polar surface area (TPSA) is 101 Å². The molecule has 0 amide bonds. The fraction of sp³-hybridized carbons (Fsp3) is 0.667. The molecule has 0 radical (unpaired) electrons. The van der Waals surface area contributed by atoms with Crippen LogP contribution >= 0.6 is 0 Å². The number of aliphatic hydroxyl groups is 1. The van der Waals surface area contributed by atoms with Crippen molar-refractivity contribution in [1.29, 1.82) is 0 Å². The minimum Gasteiger partial charge on any atom is -0.382 e. The number of aliphatic hydroxyl groups excluding tert-OH is 1. The monoisotopic (exact) mass is 286 g/mol. The van der Waals surface area contributed by atoms with Gasteiger partial charge in [0.2, 0.25) is 0 Å². The third-order valence-corrected chi connectivity index (χ3v) is 0.903. The van der Waals surface area contributed by atoms with Gasteiger partial charge in [-0.15, -0.1) is 0 Å². The first-order valence-electron chi connectivity index (χ1n) is 2.22. The van der Waals surface area contributed by atoms with Crippen LogP contribution in [-0.2, 0) is 52.4 Å². The Hall–Kier alpha value is 0.327. The van der Waals surface area contributed by atoms with Crippen molar-refractivity contribution in [3.05, 3.63) is 0 Å². The Bertz CT molecular complexity index is 221. The molecule has 0 aliphatic carbocycles. The Morgan fingerprint density at radius 2 is 1.75 bits per heavy atom. The molecule has 0 aromatic heterocycles. The summed E-state index contributed by atoms with van der Waals surface area (Å²) in [4.78, 5) is 10.1. The van der Waals surface area contributed by atoms with Crippen molar-refractivity contribution < 1.29 is 60.0 Å². The molecule has 12 heavy (non-hydrogen) atoms. The molecule has 0 aromatic carbocycles. The molecule has 0 bridgehead atoms. The van der Waals surface area contributed by atoms with Gasteiger partial charge in [-0.1, -0.05) is 0 Å². The van der Waals surface area contributed by atoms with E-state index in [2.05, 4.69) is 4.18 Å². The maximum atomic E-state index is 10.1. The summed E-state index contributed by atoms with van der Waals surface area (Å²) in [6.45, 7) is 1.01. The molecule has 0 fully saturated rings. The predicted octanol–water partition coefficient (Wildman–Crippen LogP) is -1.29. The Morgan fingerprint density at radius 3 is 1.83 bits per heavy atom. The summed E-state index contributed by atoms with van der Waals surface area (Å²) in [5, 5.41) is 8.33. The van der Waals surface area contributed by atoms with Crippen molar-refractivity contribution in [1.82, 2.24) is 0 Å². The second kappa shape index (κ2) is 6.80. The molecule has 0 aliphatic heterocycles. The number of hydrogen-bond acceptors (Lipinski definition) is 5. The summed E-state index contributed by atoms with van der Waals surface area (Å²) in [7, 11) is -4.78. The van der Waals surface area contributed by atoms with Crippen molar-refractivity contribution in [3.63, 3.8) is 0 Å². The van der Waals surface area contributed by atoms with Gasteiger partial charge in [0, 0.05) is 33.0 Å². The van der Waals surface area contributed by atoms with E-state index >= 15 is 0 Å². The van der Waals surface area contributed by atoms with Crippen molar-refractivity contribution in [3.8, 4) is 0 Å². The smallest absolute Gasteiger partial charge is 0.382 e. The van der Waals surface area contributed by atoms with Crippen molar-refractivity contribution >= 4 is 16.4 Å². The van der Waals surface area contributed by atoms with Crippen LogP contribution in [-0.4, -0.2) is 30.2 Å². The zero-order valence-corrected chi connectivity index (χ0v) is 8.44. The molecule has 0 aliphatic rings. The van der Waals surface area contributed by atoms with Gasteiger partial charge in [0.25, 0.3) is 0 Å². The van der Waals surface area contributed by atoms with Crippen LogP contribution in [0, 0.1) is 0 Å². The molecule has 0 rings (SSSR count). The summed E-state index contributed by atoms with van der Waals surface area (Å²) in [6, 6.07) is 0. The summed E-state index contributed by atoms with van der Waals surface area (Å²) in [5.41, 5.74) is 0. The first-order chi connectivity index (χ1) is 4.33. The Balaban J connectivity index is -0.000000405. The molecule has 0 heterocycles. The first kappa shape index (κ1) is 18.2.